The second-order valence-electron chi connectivity index (χ2n) is 4.92. The van der Waals surface area contributed by atoms with Crippen LogP contribution in [-0.4, -0.2) is 10.7 Å². The highest BCUT2D eigenvalue weighted by Crippen LogP contribution is 2.38. The summed E-state index contributed by atoms with van der Waals surface area (Å²) < 4.78 is 0. The Kier molecular flexibility index (Phi) is 3.16. The summed E-state index contributed by atoms with van der Waals surface area (Å²) in [6.45, 7) is 6.51. The third kappa shape index (κ3) is 2.48. The zero-order valence-corrected chi connectivity index (χ0v) is 8.64. The molecule has 0 saturated heterocycles. The van der Waals surface area contributed by atoms with E-state index < -0.39 is 0 Å². The van der Waals surface area contributed by atoms with Gasteiger partial charge in [-0.2, -0.15) is 0 Å². The van der Waals surface area contributed by atoms with Crippen LogP contribution >= 0.6 is 0 Å². The minimum absolute atomic E-state index is 0.352. The molecule has 0 aromatic rings. The average molecular weight is 170 g/mol. The first-order valence-electron chi connectivity index (χ1n) is 5.25. The number of hydrogen-bond donors (Lipinski definition) is 1. The van der Waals surface area contributed by atoms with Crippen molar-refractivity contribution >= 4 is 0 Å². The molecule has 1 N–H and O–H groups in total. The van der Waals surface area contributed by atoms with Crippen LogP contribution in [0.15, 0.2) is 0 Å². The summed E-state index contributed by atoms with van der Waals surface area (Å²) in [4.78, 5) is 0. The fraction of sp³-hybridized carbons (Fsp3) is 1.00. The zero-order valence-electron chi connectivity index (χ0n) is 8.64. The third-order valence-electron chi connectivity index (χ3n) is 3.21. The van der Waals surface area contributed by atoms with Crippen molar-refractivity contribution < 1.29 is 5.11 Å². The van der Waals surface area contributed by atoms with E-state index in [-0.39, 0.29) is 5.60 Å². The maximum atomic E-state index is 9.97. The summed E-state index contributed by atoms with van der Waals surface area (Å²) in [5, 5.41) is 9.97. The molecule has 0 aromatic carbocycles. The molecule has 0 heterocycles. The van der Waals surface area contributed by atoms with Gasteiger partial charge in [-0.15, -0.1) is 0 Å². The Morgan fingerprint density at radius 3 is 2.58 bits per heavy atom. The summed E-state index contributed by atoms with van der Waals surface area (Å²) in [5.41, 5.74) is -0.352. The lowest BCUT2D eigenvalue weighted by Crippen LogP contribution is -2.28. The molecule has 12 heavy (non-hydrogen) atoms. The molecule has 1 heteroatoms. The Labute approximate surface area is 76.2 Å². The van der Waals surface area contributed by atoms with E-state index in [1.54, 1.807) is 0 Å². The second-order valence-corrected chi connectivity index (χ2v) is 4.92. The maximum absolute atomic E-state index is 9.97. The van der Waals surface area contributed by atoms with Crippen molar-refractivity contribution in [2.24, 2.45) is 11.8 Å². The molecule has 1 fully saturated rings. The topological polar surface area (TPSA) is 20.2 Å². The van der Waals surface area contributed by atoms with E-state index in [2.05, 4.69) is 13.8 Å². The van der Waals surface area contributed by atoms with E-state index in [1.807, 2.05) is 6.92 Å². The van der Waals surface area contributed by atoms with Crippen LogP contribution in [0.4, 0.5) is 0 Å². The number of rotatable bonds is 3. The predicted octanol–water partition coefficient (Wildman–Crippen LogP) is 2.97. The Bertz CT molecular complexity index is 138. The van der Waals surface area contributed by atoms with Crippen molar-refractivity contribution in [1.82, 2.24) is 0 Å². The minimum atomic E-state index is -0.352. The van der Waals surface area contributed by atoms with Crippen molar-refractivity contribution in [3.05, 3.63) is 0 Å². The number of aliphatic hydroxyl groups is 1. The lowest BCUT2D eigenvalue weighted by Gasteiger charge is -2.26. The van der Waals surface area contributed by atoms with Gasteiger partial charge in [0.2, 0.25) is 0 Å². The highest BCUT2D eigenvalue weighted by molar-refractivity contribution is 4.88. The van der Waals surface area contributed by atoms with Crippen molar-refractivity contribution in [3.63, 3.8) is 0 Å². The molecule has 0 bridgehead atoms. The van der Waals surface area contributed by atoms with E-state index >= 15 is 0 Å². The van der Waals surface area contributed by atoms with Gasteiger partial charge in [-0.25, -0.2) is 0 Å². The minimum Gasteiger partial charge on any atom is -0.390 e. The predicted molar refractivity (Wildman–Crippen MR) is 52.0 cm³/mol. The molecular weight excluding hydrogens is 148 g/mol. The average Bonchev–Trinajstić information content (AvgIpc) is 2.25. The molecule has 1 rings (SSSR count). The fourth-order valence-electron chi connectivity index (χ4n) is 2.21. The SMILES string of the molecule is CC(C)CCC1CCCC1(C)O. The first-order valence-corrected chi connectivity index (χ1v) is 5.25. The van der Waals surface area contributed by atoms with Gasteiger partial charge in [0.1, 0.15) is 0 Å². The quantitative estimate of drug-likeness (QED) is 0.690. The van der Waals surface area contributed by atoms with Gasteiger partial charge >= 0.3 is 0 Å². The van der Waals surface area contributed by atoms with Gasteiger partial charge in [-0.05, 0) is 38.0 Å². The molecule has 0 radical (unpaired) electrons. The van der Waals surface area contributed by atoms with Crippen LogP contribution in [0.25, 0.3) is 0 Å². The molecule has 0 aromatic heterocycles. The normalized spacial score (nSPS) is 36.2. The Morgan fingerprint density at radius 1 is 1.50 bits per heavy atom. The zero-order chi connectivity index (χ0) is 9.19. The molecule has 2 unspecified atom stereocenters. The summed E-state index contributed by atoms with van der Waals surface area (Å²) in [5.74, 6) is 1.35. The lowest BCUT2D eigenvalue weighted by molar-refractivity contribution is 0.0161. The van der Waals surface area contributed by atoms with Gasteiger partial charge in [0.25, 0.3) is 0 Å². The molecule has 1 aliphatic rings. The van der Waals surface area contributed by atoms with E-state index in [4.69, 9.17) is 0 Å². The van der Waals surface area contributed by atoms with Crippen LogP contribution in [0.3, 0.4) is 0 Å². The molecule has 0 amide bonds. The molecule has 1 nitrogen and oxygen atoms in total. The molecular formula is C11H22O. The van der Waals surface area contributed by atoms with Gasteiger partial charge in [0.15, 0.2) is 0 Å². The smallest absolute Gasteiger partial charge is 0.0647 e. The van der Waals surface area contributed by atoms with Crippen LogP contribution < -0.4 is 0 Å². The van der Waals surface area contributed by atoms with Crippen molar-refractivity contribution in [2.45, 2.75) is 58.5 Å². The van der Waals surface area contributed by atoms with E-state index in [1.165, 1.54) is 25.7 Å². The molecule has 2 atom stereocenters. The molecule has 72 valence electrons. The lowest BCUT2D eigenvalue weighted by atomic mass is 9.87. The van der Waals surface area contributed by atoms with Crippen molar-refractivity contribution in [3.8, 4) is 0 Å². The Hall–Kier alpha value is -0.0400. The molecule has 1 saturated carbocycles. The fourth-order valence-corrected chi connectivity index (χ4v) is 2.21. The summed E-state index contributed by atoms with van der Waals surface area (Å²) in [6, 6.07) is 0. The van der Waals surface area contributed by atoms with Gasteiger partial charge in [-0.3, -0.25) is 0 Å². The van der Waals surface area contributed by atoms with E-state index in [9.17, 15) is 5.11 Å². The monoisotopic (exact) mass is 170 g/mol. The summed E-state index contributed by atoms with van der Waals surface area (Å²) in [7, 11) is 0. The Balaban J connectivity index is 2.32. The Morgan fingerprint density at radius 2 is 2.17 bits per heavy atom. The van der Waals surface area contributed by atoms with Gasteiger partial charge in [0, 0.05) is 0 Å². The van der Waals surface area contributed by atoms with Crippen LogP contribution in [0.5, 0.6) is 0 Å². The van der Waals surface area contributed by atoms with Gasteiger partial charge in [-0.1, -0.05) is 26.7 Å². The molecule has 0 aliphatic heterocycles. The van der Waals surface area contributed by atoms with Crippen molar-refractivity contribution in [1.29, 1.82) is 0 Å². The van der Waals surface area contributed by atoms with E-state index in [0.29, 0.717) is 5.92 Å². The highest BCUT2D eigenvalue weighted by atomic mass is 16.3. The molecule has 1 aliphatic carbocycles. The third-order valence-corrected chi connectivity index (χ3v) is 3.21. The van der Waals surface area contributed by atoms with Crippen molar-refractivity contribution in [2.75, 3.05) is 0 Å². The largest absolute Gasteiger partial charge is 0.390 e. The molecule has 0 spiro atoms. The van der Waals surface area contributed by atoms with Gasteiger partial charge < -0.3 is 5.11 Å². The summed E-state index contributed by atoms with van der Waals surface area (Å²) in [6.07, 6.45) is 5.94. The van der Waals surface area contributed by atoms with Crippen LogP contribution in [0.2, 0.25) is 0 Å². The first-order chi connectivity index (χ1) is 5.52. The van der Waals surface area contributed by atoms with Gasteiger partial charge in [0.05, 0.1) is 5.60 Å². The maximum Gasteiger partial charge on any atom is 0.0647 e. The second kappa shape index (κ2) is 3.78. The van der Waals surface area contributed by atoms with E-state index in [0.717, 1.165) is 12.3 Å². The van der Waals surface area contributed by atoms with Crippen LogP contribution in [0.1, 0.15) is 52.9 Å². The summed E-state index contributed by atoms with van der Waals surface area (Å²) >= 11 is 0. The van der Waals surface area contributed by atoms with Crippen LogP contribution in [0, 0.1) is 11.8 Å². The first kappa shape index (κ1) is 10.0. The number of hydrogen-bond acceptors (Lipinski definition) is 1. The van der Waals surface area contributed by atoms with Crippen LogP contribution in [-0.2, 0) is 0 Å². The standard InChI is InChI=1S/C11H22O/c1-9(2)6-7-10-5-4-8-11(10,3)12/h9-10,12H,4-8H2,1-3H3. The highest BCUT2D eigenvalue weighted by Gasteiger charge is 2.35.